The fraction of sp³-hybridized carbons (Fsp3) is 0.294. The lowest BCUT2D eigenvalue weighted by atomic mass is 10.2. The van der Waals surface area contributed by atoms with Gasteiger partial charge in [0.25, 0.3) is 0 Å². The molecule has 1 amide bonds. The van der Waals surface area contributed by atoms with Crippen LogP contribution in [0, 0.1) is 0 Å². The highest BCUT2D eigenvalue weighted by Gasteiger charge is 2.33. The van der Waals surface area contributed by atoms with Crippen molar-refractivity contribution in [1.82, 2.24) is 5.43 Å². The van der Waals surface area contributed by atoms with Crippen LogP contribution in [-0.2, 0) is 14.3 Å². The van der Waals surface area contributed by atoms with Crippen molar-refractivity contribution in [3.63, 3.8) is 0 Å². The molecule has 132 valence electrons. The average Bonchev–Trinajstić information content (AvgIpc) is 3.17. The van der Waals surface area contributed by atoms with Crippen molar-refractivity contribution in [1.29, 1.82) is 0 Å². The lowest BCUT2D eigenvalue weighted by Gasteiger charge is -2.20. The number of hydrazone groups is 1. The van der Waals surface area contributed by atoms with E-state index in [-0.39, 0.29) is 12.3 Å². The summed E-state index contributed by atoms with van der Waals surface area (Å²) in [6, 6.07) is 8.63. The molecule has 1 fully saturated rings. The number of hydrogen-bond donors (Lipinski definition) is 1. The lowest BCUT2D eigenvalue weighted by Crippen LogP contribution is -2.33. The highest BCUT2D eigenvalue weighted by molar-refractivity contribution is 6.36. The molecular weight excluding hydrogens is 367 g/mol. The van der Waals surface area contributed by atoms with Gasteiger partial charge in [0, 0.05) is 10.6 Å². The van der Waals surface area contributed by atoms with E-state index in [0.29, 0.717) is 34.8 Å². The number of halogens is 2. The SMILES string of the molecule is CC1(CC(=O)N/N=C/c2ccc(-c3ccc(Cl)cc3Cl)o2)OCCO1. The predicted octanol–water partition coefficient (Wildman–Crippen LogP) is 3.86. The summed E-state index contributed by atoms with van der Waals surface area (Å²) in [7, 11) is 0. The van der Waals surface area contributed by atoms with E-state index in [1.807, 2.05) is 0 Å². The van der Waals surface area contributed by atoms with Gasteiger partial charge in [-0.15, -0.1) is 0 Å². The summed E-state index contributed by atoms with van der Waals surface area (Å²) < 4.78 is 16.4. The number of carbonyl (C=O) groups excluding carboxylic acids is 1. The predicted molar refractivity (Wildman–Crippen MR) is 94.8 cm³/mol. The van der Waals surface area contributed by atoms with Gasteiger partial charge in [-0.3, -0.25) is 4.79 Å². The molecule has 3 rings (SSSR count). The first kappa shape index (κ1) is 17.9. The van der Waals surface area contributed by atoms with E-state index in [4.69, 9.17) is 37.1 Å². The zero-order valence-corrected chi connectivity index (χ0v) is 14.9. The average molecular weight is 383 g/mol. The Bertz CT molecular complexity index is 798. The largest absolute Gasteiger partial charge is 0.455 e. The van der Waals surface area contributed by atoms with Crippen molar-refractivity contribution in [3.05, 3.63) is 46.1 Å². The Morgan fingerprint density at radius 1 is 1.28 bits per heavy atom. The molecule has 1 aliphatic heterocycles. The Hall–Kier alpha value is -1.86. The Kier molecular flexibility index (Phi) is 5.44. The summed E-state index contributed by atoms with van der Waals surface area (Å²) in [4.78, 5) is 11.9. The second kappa shape index (κ2) is 7.58. The van der Waals surface area contributed by atoms with E-state index in [0.717, 1.165) is 5.56 Å². The maximum Gasteiger partial charge on any atom is 0.245 e. The van der Waals surface area contributed by atoms with Crippen LogP contribution in [0.3, 0.4) is 0 Å². The summed E-state index contributed by atoms with van der Waals surface area (Å²) in [6.07, 6.45) is 1.47. The zero-order valence-electron chi connectivity index (χ0n) is 13.4. The molecule has 1 N–H and O–H groups in total. The number of nitrogens with zero attached hydrogens (tertiary/aromatic N) is 1. The molecule has 25 heavy (non-hydrogen) atoms. The molecular formula is C17H16Cl2N2O4. The fourth-order valence-corrected chi connectivity index (χ4v) is 2.92. The van der Waals surface area contributed by atoms with Gasteiger partial charge in [0.2, 0.25) is 5.91 Å². The molecule has 8 heteroatoms. The fourth-order valence-electron chi connectivity index (χ4n) is 2.41. The van der Waals surface area contributed by atoms with Gasteiger partial charge in [0.1, 0.15) is 11.5 Å². The van der Waals surface area contributed by atoms with Crippen LogP contribution >= 0.6 is 23.2 Å². The van der Waals surface area contributed by atoms with Crippen molar-refractivity contribution in [2.24, 2.45) is 5.10 Å². The molecule has 1 aromatic carbocycles. The van der Waals surface area contributed by atoms with Gasteiger partial charge in [-0.05, 0) is 37.3 Å². The third-order valence-corrected chi connectivity index (χ3v) is 4.13. The summed E-state index contributed by atoms with van der Waals surface area (Å²) in [5.41, 5.74) is 3.14. The molecule has 0 atom stereocenters. The molecule has 1 aliphatic rings. The first-order valence-corrected chi connectivity index (χ1v) is 8.36. The quantitative estimate of drug-likeness (QED) is 0.629. The molecule has 2 heterocycles. The normalized spacial score (nSPS) is 16.4. The molecule has 6 nitrogen and oxygen atoms in total. The highest BCUT2D eigenvalue weighted by atomic mass is 35.5. The molecule has 0 aliphatic carbocycles. The third kappa shape index (κ3) is 4.61. The summed E-state index contributed by atoms with van der Waals surface area (Å²) in [5, 5.41) is 4.91. The number of ether oxygens (including phenoxy) is 2. The number of carbonyl (C=O) groups is 1. The zero-order chi connectivity index (χ0) is 17.9. The first-order chi connectivity index (χ1) is 12.0. The number of amides is 1. The van der Waals surface area contributed by atoms with Crippen LogP contribution in [0.5, 0.6) is 0 Å². The van der Waals surface area contributed by atoms with Crippen molar-refractivity contribution in [2.75, 3.05) is 13.2 Å². The molecule has 0 saturated carbocycles. The van der Waals surface area contributed by atoms with Crippen LogP contribution in [0.25, 0.3) is 11.3 Å². The van der Waals surface area contributed by atoms with E-state index in [9.17, 15) is 4.79 Å². The number of furan rings is 1. The molecule has 1 aromatic heterocycles. The van der Waals surface area contributed by atoms with Gasteiger partial charge < -0.3 is 13.9 Å². The van der Waals surface area contributed by atoms with Crippen molar-refractivity contribution >= 4 is 35.3 Å². The summed E-state index contributed by atoms with van der Waals surface area (Å²) >= 11 is 12.0. The van der Waals surface area contributed by atoms with E-state index in [2.05, 4.69) is 10.5 Å². The van der Waals surface area contributed by atoms with Crippen LogP contribution in [0.2, 0.25) is 10.0 Å². The van der Waals surface area contributed by atoms with Gasteiger partial charge >= 0.3 is 0 Å². The first-order valence-electron chi connectivity index (χ1n) is 7.60. The van der Waals surface area contributed by atoms with Gasteiger partial charge in [-0.2, -0.15) is 5.10 Å². The van der Waals surface area contributed by atoms with Gasteiger partial charge in [0.15, 0.2) is 5.79 Å². The second-order valence-corrected chi connectivity index (χ2v) is 6.47. The van der Waals surface area contributed by atoms with E-state index < -0.39 is 5.79 Å². The molecule has 0 unspecified atom stereocenters. The minimum atomic E-state index is -0.886. The summed E-state index contributed by atoms with van der Waals surface area (Å²) in [6.45, 7) is 2.68. The van der Waals surface area contributed by atoms with Crippen LogP contribution in [0.15, 0.2) is 39.9 Å². The number of rotatable bonds is 5. The Morgan fingerprint density at radius 3 is 2.76 bits per heavy atom. The maximum atomic E-state index is 11.9. The van der Waals surface area contributed by atoms with Crippen LogP contribution < -0.4 is 5.43 Å². The second-order valence-electron chi connectivity index (χ2n) is 5.63. The minimum Gasteiger partial charge on any atom is -0.455 e. The molecule has 0 bridgehead atoms. The van der Waals surface area contributed by atoms with Crippen LogP contribution in [0.1, 0.15) is 19.1 Å². The van der Waals surface area contributed by atoms with Crippen molar-refractivity contribution < 1.29 is 18.7 Å². The topological polar surface area (TPSA) is 73.1 Å². The molecule has 0 radical (unpaired) electrons. The third-order valence-electron chi connectivity index (χ3n) is 3.58. The standard InChI is InChI=1S/C17H16Cl2N2O4/c1-17(23-6-7-24-17)9-16(22)21-20-10-12-3-5-15(25-12)13-4-2-11(18)8-14(13)19/h2-5,8,10H,6-7,9H2,1H3,(H,21,22)/b20-10+. The smallest absolute Gasteiger partial charge is 0.245 e. The van der Waals surface area contributed by atoms with Crippen LogP contribution in [0.4, 0.5) is 0 Å². The monoisotopic (exact) mass is 382 g/mol. The van der Waals surface area contributed by atoms with Gasteiger partial charge in [-0.1, -0.05) is 23.2 Å². The highest BCUT2D eigenvalue weighted by Crippen LogP contribution is 2.31. The number of nitrogens with one attached hydrogen (secondary N) is 1. The van der Waals surface area contributed by atoms with Crippen LogP contribution in [-0.4, -0.2) is 31.1 Å². The molecule has 2 aromatic rings. The van der Waals surface area contributed by atoms with E-state index >= 15 is 0 Å². The van der Waals surface area contributed by atoms with Gasteiger partial charge in [-0.25, -0.2) is 5.43 Å². The van der Waals surface area contributed by atoms with Crippen molar-refractivity contribution in [2.45, 2.75) is 19.1 Å². The Morgan fingerprint density at radius 2 is 2.04 bits per heavy atom. The van der Waals surface area contributed by atoms with Gasteiger partial charge in [0.05, 0.1) is 30.9 Å². The lowest BCUT2D eigenvalue weighted by molar-refractivity contribution is -0.159. The number of hydrogen-bond acceptors (Lipinski definition) is 5. The summed E-state index contributed by atoms with van der Waals surface area (Å²) in [5.74, 6) is -0.147. The number of benzene rings is 1. The minimum absolute atomic E-state index is 0.0636. The Balaban J connectivity index is 1.59. The Labute approximate surface area is 154 Å². The molecule has 1 saturated heterocycles. The molecule has 0 spiro atoms. The van der Waals surface area contributed by atoms with Crippen molar-refractivity contribution in [3.8, 4) is 11.3 Å². The van der Waals surface area contributed by atoms with E-state index in [1.54, 1.807) is 37.3 Å². The maximum absolute atomic E-state index is 11.9. The van der Waals surface area contributed by atoms with E-state index in [1.165, 1.54) is 6.21 Å².